The van der Waals surface area contributed by atoms with E-state index in [4.69, 9.17) is 32.7 Å². The largest absolute Gasteiger partial charge is 0.481 e. The van der Waals surface area contributed by atoms with Gasteiger partial charge in [0, 0.05) is 11.4 Å². The predicted molar refractivity (Wildman–Crippen MR) is 60.0 cm³/mol. The molecule has 1 N–H and O–H groups in total. The molecule has 2 rings (SSSR count). The first-order valence-corrected chi connectivity index (χ1v) is 5.28. The van der Waals surface area contributed by atoms with Gasteiger partial charge in [-0.15, -0.1) is 0 Å². The second kappa shape index (κ2) is 4.31. The molecule has 0 atom stereocenters. The minimum Gasteiger partial charge on any atom is -0.481 e. The molecule has 1 aromatic heterocycles. The maximum Gasteiger partial charge on any atom is 0.303 e. The summed E-state index contributed by atoms with van der Waals surface area (Å²) < 4.78 is 5.34. The SMILES string of the molecule is O=C(O)CCc1nc2cc(Cl)cc(Cl)c2o1. The van der Waals surface area contributed by atoms with E-state index in [1.165, 1.54) is 0 Å². The Hall–Kier alpha value is -1.26. The zero-order chi connectivity index (χ0) is 11.7. The normalized spacial score (nSPS) is 10.9. The highest BCUT2D eigenvalue weighted by atomic mass is 35.5. The highest BCUT2D eigenvalue weighted by Crippen LogP contribution is 2.28. The zero-order valence-corrected chi connectivity index (χ0v) is 9.55. The van der Waals surface area contributed by atoms with Crippen LogP contribution in [-0.4, -0.2) is 16.1 Å². The van der Waals surface area contributed by atoms with Crippen LogP contribution in [0.25, 0.3) is 11.1 Å². The van der Waals surface area contributed by atoms with Crippen molar-refractivity contribution in [2.45, 2.75) is 12.8 Å². The lowest BCUT2D eigenvalue weighted by Crippen LogP contribution is -1.97. The van der Waals surface area contributed by atoms with E-state index in [-0.39, 0.29) is 12.8 Å². The number of nitrogens with zero attached hydrogens (tertiary/aromatic N) is 1. The molecular formula is C10H7Cl2NO3. The van der Waals surface area contributed by atoms with Crippen molar-refractivity contribution in [1.82, 2.24) is 4.98 Å². The van der Waals surface area contributed by atoms with E-state index in [0.717, 1.165) is 0 Å². The Morgan fingerprint density at radius 1 is 1.44 bits per heavy atom. The Bertz CT molecular complexity index is 550. The fraction of sp³-hybridized carbons (Fsp3) is 0.200. The lowest BCUT2D eigenvalue weighted by molar-refractivity contribution is -0.137. The van der Waals surface area contributed by atoms with Gasteiger partial charge in [-0.3, -0.25) is 4.79 Å². The van der Waals surface area contributed by atoms with Crippen LogP contribution in [0.5, 0.6) is 0 Å². The van der Waals surface area contributed by atoms with Crippen molar-refractivity contribution in [2.24, 2.45) is 0 Å². The van der Waals surface area contributed by atoms with Crippen molar-refractivity contribution < 1.29 is 14.3 Å². The zero-order valence-electron chi connectivity index (χ0n) is 8.04. The number of benzene rings is 1. The van der Waals surface area contributed by atoms with Gasteiger partial charge in [0.05, 0.1) is 11.4 Å². The van der Waals surface area contributed by atoms with E-state index in [9.17, 15) is 4.79 Å². The maximum atomic E-state index is 10.4. The second-order valence-corrected chi connectivity index (χ2v) is 4.08. The van der Waals surface area contributed by atoms with Crippen LogP contribution in [0.3, 0.4) is 0 Å². The summed E-state index contributed by atoms with van der Waals surface area (Å²) in [5, 5.41) is 9.37. The van der Waals surface area contributed by atoms with E-state index in [2.05, 4.69) is 4.98 Å². The van der Waals surface area contributed by atoms with E-state index < -0.39 is 5.97 Å². The van der Waals surface area contributed by atoms with Crippen molar-refractivity contribution in [3.63, 3.8) is 0 Å². The molecule has 0 bridgehead atoms. The van der Waals surface area contributed by atoms with Gasteiger partial charge in [0.25, 0.3) is 0 Å². The Labute approximate surface area is 101 Å². The number of aromatic nitrogens is 1. The smallest absolute Gasteiger partial charge is 0.303 e. The number of fused-ring (bicyclic) bond motifs is 1. The van der Waals surface area contributed by atoms with Gasteiger partial charge in [0.1, 0.15) is 5.52 Å². The molecule has 0 fully saturated rings. The molecule has 6 heteroatoms. The number of halogens is 2. The maximum absolute atomic E-state index is 10.4. The monoisotopic (exact) mass is 259 g/mol. The van der Waals surface area contributed by atoms with Crippen molar-refractivity contribution in [3.8, 4) is 0 Å². The summed E-state index contributed by atoms with van der Waals surface area (Å²) in [4.78, 5) is 14.5. The van der Waals surface area contributed by atoms with Gasteiger partial charge in [0.15, 0.2) is 11.5 Å². The third-order valence-corrected chi connectivity index (χ3v) is 2.51. The van der Waals surface area contributed by atoms with Crippen LogP contribution < -0.4 is 0 Å². The fourth-order valence-electron chi connectivity index (χ4n) is 1.33. The minimum atomic E-state index is -0.897. The van der Waals surface area contributed by atoms with Crippen LogP contribution in [-0.2, 0) is 11.2 Å². The molecule has 2 aromatic rings. The molecule has 0 unspecified atom stereocenters. The summed E-state index contributed by atoms with van der Waals surface area (Å²) >= 11 is 11.7. The molecular weight excluding hydrogens is 253 g/mol. The summed E-state index contributed by atoms with van der Waals surface area (Å²) in [6, 6.07) is 3.17. The van der Waals surface area contributed by atoms with E-state index in [1.54, 1.807) is 12.1 Å². The van der Waals surface area contributed by atoms with Crippen molar-refractivity contribution in [3.05, 3.63) is 28.1 Å². The quantitative estimate of drug-likeness (QED) is 0.920. The molecule has 1 aromatic carbocycles. The third-order valence-electron chi connectivity index (χ3n) is 2.01. The van der Waals surface area contributed by atoms with Gasteiger partial charge < -0.3 is 9.52 Å². The molecule has 0 aliphatic carbocycles. The second-order valence-electron chi connectivity index (χ2n) is 3.24. The van der Waals surface area contributed by atoms with Crippen LogP contribution >= 0.6 is 23.2 Å². The van der Waals surface area contributed by atoms with Gasteiger partial charge in [-0.1, -0.05) is 23.2 Å². The highest BCUT2D eigenvalue weighted by Gasteiger charge is 2.11. The van der Waals surface area contributed by atoms with E-state index >= 15 is 0 Å². The molecule has 0 aliphatic rings. The number of aliphatic carboxylic acids is 1. The van der Waals surface area contributed by atoms with E-state index in [0.29, 0.717) is 27.0 Å². The number of hydrogen-bond acceptors (Lipinski definition) is 3. The van der Waals surface area contributed by atoms with Crippen molar-refractivity contribution in [1.29, 1.82) is 0 Å². The number of aryl methyl sites for hydroxylation is 1. The molecule has 0 amide bonds. The number of carbonyl (C=O) groups is 1. The topological polar surface area (TPSA) is 63.3 Å². The first-order valence-electron chi connectivity index (χ1n) is 4.52. The lowest BCUT2D eigenvalue weighted by Gasteiger charge is -1.91. The molecule has 84 valence electrons. The van der Waals surface area contributed by atoms with Crippen LogP contribution in [0, 0.1) is 0 Å². The summed E-state index contributed by atoms with van der Waals surface area (Å²) in [5.41, 5.74) is 0.976. The fourth-order valence-corrected chi connectivity index (χ4v) is 1.85. The number of carboxylic acid groups (broad SMARTS) is 1. The Morgan fingerprint density at radius 2 is 2.19 bits per heavy atom. The molecule has 0 saturated carbocycles. The van der Waals surface area contributed by atoms with Gasteiger partial charge in [0.2, 0.25) is 0 Å². The predicted octanol–water partition coefficient (Wildman–Crippen LogP) is 3.15. The average Bonchev–Trinajstić information content (AvgIpc) is 2.57. The first-order chi connectivity index (χ1) is 7.56. The van der Waals surface area contributed by atoms with Gasteiger partial charge in [-0.05, 0) is 12.1 Å². The Kier molecular flexibility index (Phi) is 3.03. The van der Waals surface area contributed by atoms with Crippen LogP contribution in [0.1, 0.15) is 12.3 Å². The van der Waals surface area contributed by atoms with Crippen LogP contribution in [0.15, 0.2) is 16.5 Å². The first kappa shape index (κ1) is 11.2. The molecule has 1 heterocycles. The standard InChI is InChI=1S/C10H7Cl2NO3/c11-5-3-6(12)10-7(4-5)13-8(16-10)1-2-9(14)15/h3-4H,1-2H2,(H,14,15). The summed E-state index contributed by atoms with van der Waals surface area (Å²) in [7, 11) is 0. The number of carboxylic acids is 1. The summed E-state index contributed by atoms with van der Waals surface area (Å²) in [6.45, 7) is 0. The summed E-state index contributed by atoms with van der Waals surface area (Å²) in [6.07, 6.45) is 0.204. The van der Waals surface area contributed by atoms with Gasteiger partial charge in [-0.2, -0.15) is 0 Å². The van der Waals surface area contributed by atoms with Crippen molar-refractivity contribution in [2.75, 3.05) is 0 Å². The molecule has 0 radical (unpaired) electrons. The Morgan fingerprint density at radius 3 is 2.88 bits per heavy atom. The van der Waals surface area contributed by atoms with Crippen molar-refractivity contribution >= 4 is 40.3 Å². The highest BCUT2D eigenvalue weighted by molar-refractivity contribution is 6.37. The van der Waals surface area contributed by atoms with Crippen LogP contribution in [0.4, 0.5) is 0 Å². The molecule has 4 nitrogen and oxygen atoms in total. The molecule has 0 saturated heterocycles. The van der Waals surface area contributed by atoms with Gasteiger partial charge >= 0.3 is 5.97 Å². The average molecular weight is 260 g/mol. The number of rotatable bonds is 3. The third kappa shape index (κ3) is 2.28. The molecule has 0 aliphatic heterocycles. The van der Waals surface area contributed by atoms with E-state index in [1.807, 2.05) is 0 Å². The van der Waals surface area contributed by atoms with Gasteiger partial charge in [-0.25, -0.2) is 4.98 Å². The molecule has 0 spiro atoms. The molecule has 16 heavy (non-hydrogen) atoms. The Balaban J connectivity index is 2.36. The number of hydrogen-bond donors (Lipinski definition) is 1. The minimum absolute atomic E-state index is 0.0296. The van der Waals surface area contributed by atoms with Crippen LogP contribution in [0.2, 0.25) is 10.0 Å². The lowest BCUT2D eigenvalue weighted by atomic mass is 10.3. The number of oxazole rings is 1. The summed E-state index contributed by atoms with van der Waals surface area (Å²) in [5.74, 6) is -0.548.